The molecule has 0 spiro atoms. The van der Waals surface area contributed by atoms with Gasteiger partial charge < -0.3 is 130 Å². The Morgan fingerprint density at radius 2 is 1.13 bits per heavy atom. The number of aromatic amines is 3. The molecule has 3 saturated heterocycles. The monoisotopic (exact) mass is 1960 g/mol. The topological polar surface area (TPSA) is 645 Å². The van der Waals surface area contributed by atoms with Gasteiger partial charge in [0.05, 0.1) is 47.8 Å². The largest absolute Gasteiger partial charge is 0.394 e. The maximum Gasteiger partial charge on any atom is 0.246 e. The second-order valence-electron chi connectivity index (χ2n) is 35.2. The summed E-state index contributed by atoms with van der Waals surface area (Å²) in [7, 11) is 3.92. The zero-order valence-electron chi connectivity index (χ0n) is 77.9. The minimum atomic E-state index is -1.89. The number of nitrogens with one attached hydrogen (secondary N) is 15. The van der Waals surface area contributed by atoms with Crippen molar-refractivity contribution in [2.45, 2.75) is 241 Å². The van der Waals surface area contributed by atoms with Crippen LogP contribution in [0, 0.1) is 11.3 Å². The van der Waals surface area contributed by atoms with Crippen LogP contribution in [0.15, 0.2) is 91.6 Å². The summed E-state index contributed by atoms with van der Waals surface area (Å²) < 4.78 is 0. The standard InChI is InChI=1S/C91H128Cl2N24O19S/c1-9-11-24-70-83(129)105-61(23-17-29-99-91(96)97)79(125)112-69(78(124)102-42-75(95)121)45-137-46-76(122)104-65(33-50-27-28-57(92)58(93)32-50)86(132)113(6)49(5)77(123)108-67(38-74(94)120)88(134)116-30-18-26-71(116)84(130)107-63(36-53-41-98-47-103-53)81(127)109-64(31-48(3)4)89(135)117-43-54(119)37-73(117)85(131)106-62(34-51-39-100-59-21-15-13-19-55(51)59)80(126)111-68(44-118)82(128)110-66(35-52-40-101-60-22-16-14-20-56(52)60)87(133)115(8)72(25-12-10-2)90(136)114(70)7/h13-16,19-22,27-28,32,39-41,47-49,54,61-73,75,100-101,118-119,121H,9-12,17-18,23-26,29-31,33-38,42-46,95H2,1-8H3,(H2,94,120)(H,98,103)(H,102,124)(H,104,122)(H,105,129)(H,106,131)(H,107,130)(H,108,123)(H,109,127)(H,110,128)(H,111,126)(H,112,125)(H4,96,97,99)/t49-,54+,61-,62-,63-,64-,65-,66?,67?,68-,69-,70-,71-,72-,73?,75?/m0/s1. The average molecular weight is 1970 g/mol. The maximum absolute atomic E-state index is 15.8. The number of unbranched alkanes of at least 4 members (excludes halogenated alkanes) is 2. The summed E-state index contributed by atoms with van der Waals surface area (Å²) in [5.74, 6) is -16.8. The fraction of sp³-hybridized carbons (Fsp3) is 0.538. The van der Waals surface area contributed by atoms with E-state index in [-0.39, 0.29) is 99.7 Å². The molecule has 3 fully saturated rings. The molecule has 746 valence electrons. The van der Waals surface area contributed by atoms with Gasteiger partial charge in [0.15, 0.2) is 5.96 Å². The van der Waals surface area contributed by atoms with Gasteiger partial charge in [-0.3, -0.25) is 82.1 Å². The summed E-state index contributed by atoms with van der Waals surface area (Å²) in [6, 6.07) is -3.39. The Hall–Kier alpha value is -12.5. The van der Waals surface area contributed by atoms with E-state index in [2.05, 4.69) is 78.4 Å². The molecule has 16 atom stereocenters. The van der Waals surface area contributed by atoms with Gasteiger partial charge in [0.2, 0.25) is 94.5 Å². The van der Waals surface area contributed by atoms with E-state index in [0.29, 0.717) is 69.9 Å². The number of fused-ring (bicyclic) bond motifs is 4. The van der Waals surface area contributed by atoms with Crippen molar-refractivity contribution >= 4 is 157 Å². The van der Waals surface area contributed by atoms with Crippen LogP contribution in [-0.2, 0) is 102 Å². The molecule has 3 aromatic carbocycles. The lowest BCUT2D eigenvalue weighted by Crippen LogP contribution is -2.62. The second-order valence-corrected chi connectivity index (χ2v) is 37.0. The van der Waals surface area contributed by atoms with Crippen LogP contribution in [0.3, 0.4) is 0 Å². The fourth-order valence-electron chi connectivity index (χ4n) is 16.9. The first kappa shape index (κ1) is 108. The van der Waals surface area contributed by atoms with Crippen molar-refractivity contribution in [2.75, 3.05) is 65.4 Å². The number of primary amides is 1. The summed E-state index contributed by atoms with van der Waals surface area (Å²) in [5.41, 5.74) is 20.0. The van der Waals surface area contributed by atoms with Crippen molar-refractivity contribution in [3.63, 3.8) is 0 Å². The Bertz CT molecular complexity index is 5280. The number of thioether (sulfide) groups is 1. The number of hydrogen-bond acceptors (Lipinski definition) is 23. The van der Waals surface area contributed by atoms with Gasteiger partial charge in [-0.1, -0.05) is 119 Å². The van der Waals surface area contributed by atoms with Crippen LogP contribution in [0.4, 0.5) is 0 Å². The predicted molar refractivity (Wildman–Crippen MR) is 509 cm³/mol. The van der Waals surface area contributed by atoms with E-state index in [1.807, 2.05) is 13.8 Å². The second kappa shape index (κ2) is 51.6. The van der Waals surface area contributed by atoms with Crippen molar-refractivity contribution in [3.8, 4) is 0 Å². The summed E-state index contributed by atoms with van der Waals surface area (Å²) >= 11 is 13.5. The molecular formula is C91H128Cl2N24O19S. The molecule has 0 bridgehead atoms. The minimum absolute atomic E-state index is 0.00766. The molecule has 9 rings (SSSR count). The molecule has 3 aliphatic rings. The smallest absolute Gasteiger partial charge is 0.246 e. The molecule has 0 aliphatic carbocycles. The van der Waals surface area contributed by atoms with Gasteiger partial charge in [0, 0.05) is 125 Å². The number of likely N-dealkylation sites (N-methyl/N-ethyl adjacent to an activating group) is 3. The number of nitrogens with two attached hydrogens (primary N) is 3. The van der Waals surface area contributed by atoms with Crippen LogP contribution in [-0.4, -0.2) is 323 Å². The first-order valence-corrected chi connectivity index (χ1v) is 47.7. The minimum Gasteiger partial charge on any atom is -0.394 e. The van der Waals surface area contributed by atoms with Gasteiger partial charge in [-0.2, -0.15) is 0 Å². The highest BCUT2D eigenvalue weighted by Gasteiger charge is 2.47. The summed E-state index contributed by atoms with van der Waals surface area (Å²) in [6.45, 7) is 6.22. The molecule has 0 radical (unpaired) electrons. The number of carbonyl (C=O) groups excluding carboxylic acids is 16. The highest BCUT2D eigenvalue weighted by atomic mass is 35.5. The first-order valence-electron chi connectivity index (χ1n) is 45.8. The van der Waals surface area contributed by atoms with Gasteiger partial charge in [0.1, 0.15) is 90.8 Å². The number of benzene rings is 3. The summed E-state index contributed by atoms with van der Waals surface area (Å²) in [6.07, 6.45) is 2.08. The predicted octanol–water partition coefficient (Wildman–Crippen LogP) is -1.54. The first-order chi connectivity index (χ1) is 65.2. The number of aliphatic hydroxyl groups is 3. The molecule has 16 amide bonds. The van der Waals surface area contributed by atoms with Crippen LogP contribution in [0.2, 0.25) is 10.0 Å². The average Bonchev–Trinajstić information content (AvgIpc) is 1.76. The van der Waals surface area contributed by atoms with Crippen LogP contribution in [0.5, 0.6) is 0 Å². The zero-order valence-corrected chi connectivity index (χ0v) is 80.2. The number of para-hydroxylation sites is 2. The van der Waals surface area contributed by atoms with Gasteiger partial charge in [-0.25, -0.2) is 4.98 Å². The van der Waals surface area contributed by atoms with Crippen LogP contribution in [0.25, 0.3) is 21.8 Å². The van der Waals surface area contributed by atoms with Crippen molar-refractivity contribution < 1.29 is 92.0 Å². The Labute approximate surface area is 806 Å². The van der Waals surface area contributed by atoms with Gasteiger partial charge in [0.25, 0.3) is 0 Å². The Kier molecular flexibility index (Phi) is 40.8. The third-order valence-electron chi connectivity index (χ3n) is 24.4. The van der Waals surface area contributed by atoms with E-state index in [9.17, 15) is 48.9 Å². The zero-order chi connectivity index (χ0) is 100. The number of carbonyl (C=O) groups is 16. The summed E-state index contributed by atoms with van der Waals surface area (Å²) in [5, 5.41) is 71.5. The van der Waals surface area contributed by atoms with Gasteiger partial charge in [-0.15, -0.1) is 11.8 Å². The number of aromatic nitrogens is 4. The lowest BCUT2D eigenvalue weighted by Gasteiger charge is -2.36. The summed E-state index contributed by atoms with van der Waals surface area (Å²) in [4.78, 5) is 258. The van der Waals surface area contributed by atoms with E-state index in [0.717, 1.165) is 36.3 Å². The fourth-order valence-corrected chi connectivity index (χ4v) is 18.0. The van der Waals surface area contributed by atoms with E-state index in [4.69, 9.17) is 45.8 Å². The molecule has 0 saturated carbocycles. The molecule has 24 N–H and O–H groups in total. The molecule has 3 aliphatic heterocycles. The van der Waals surface area contributed by atoms with Crippen LogP contribution < -0.4 is 75.7 Å². The van der Waals surface area contributed by atoms with E-state index >= 15 is 43.2 Å². The number of hydrogen-bond donors (Lipinski definition) is 21. The van der Waals surface area contributed by atoms with Crippen LogP contribution >= 0.6 is 35.0 Å². The Morgan fingerprint density at radius 3 is 1.73 bits per heavy atom. The highest BCUT2D eigenvalue weighted by molar-refractivity contribution is 8.00. The number of guanidine groups is 1. The molecule has 46 heteroatoms. The number of amides is 16. The Balaban J connectivity index is 1.11. The molecular weight excluding hydrogens is 1840 g/mol. The molecule has 4 unspecified atom stereocenters. The Morgan fingerprint density at radius 1 is 0.584 bits per heavy atom. The van der Waals surface area contributed by atoms with E-state index < -0.39 is 241 Å². The number of rotatable bonds is 26. The highest BCUT2D eigenvalue weighted by Crippen LogP contribution is 2.29. The lowest BCUT2D eigenvalue weighted by molar-refractivity contribution is -0.149. The quantitative estimate of drug-likeness (QED) is 0.0127. The van der Waals surface area contributed by atoms with Crippen molar-refractivity contribution in [1.29, 1.82) is 5.41 Å². The third-order valence-corrected chi connectivity index (χ3v) is 26.2. The molecule has 43 nitrogen and oxygen atoms in total. The molecule has 137 heavy (non-hydrogen) atoms. The maximum atomic E-state index is 15.8. The lowest BCUT2D eigenvalue weighted by atomic mass is 10.00. The number of imidazole rings is 1. The number of aliphatic hydroxyl groups excluding tert-OH is 3. The van der Waals surface area contributed by atoms with E-state index in [1.54, 1.807) is 74.8 Å². The molecule has 3 aromatic heterocycles. The number of nitrogens with zero attached hydrogens (tertiary/aromatic N) is 6. The molecule has 6 aromatic rings. The SMILES string of the molecule is CCCC[C@H]1C(=O)N(C)[C@@H](CCCC)C(=O)N[C@@H](CCCNC(=N)N)C(=O)N[C@H](C(=O)NCC(N)O)CSCC(=O)N[C@@H](Cc2ccc(Cl)c(Cl)c2)C(=O)N(C)[C@@H](C)C(=O)NC(CC(N)=O)C(=O)N2CCC[C@H]2C(=O)N[C@@H](Cc2cnc[nH]2)C(=O)N[C@@H](CC(C)C)C(=O)N2C[C@H](O)CC2C(=O)N[C@@H](Cc2c[nH]c3ccccc23)C(=O)N[C@@H](CO)C(=O)NC(Cc2c[nH]c3ccccc23)C(=O)N1C. The van der Waals surface area contributed by atoms with Crippen LogP contribution in [0.1, 0.15) is 140 Å². The van der Waals surface area contributed by atoms with Crippen molar-refractivity contribution in [1.82, 2.24) is 103 Å². The number of halogens is 2. The normalized spacial score (nSPS) is 24.9. The number of H-pyrrole nitrogens is 3. The third kappa shape index (κ3) is 30.3. The van der Waals surface area contributed by atoms with Gasteiger partial charge in [-0.05, 0) is 98.7 Å². The van der Waals surface area contributed by atoms with Crippen molar-refractivity contribution in [3.05, 3.63) is 124 Å². The van der Waals surface area contributed by atoms with E-state index in [1.165, 1.54) is 58.8 Å². The van der Waals surface area contributed by atoms with Gasteiger partial charge >= 0.3 is 0 Å². The molecule has 6 heterocycles. The van der Waals surface area contributed by atoms with Crippen molar-refractivity contribution in [2.24, 2.45) is 23.1 Å².